The first-order valence-electron chi connectivity index (χ1n) is 7.67. The molecule has 0 aromatic heterocycles. The highest BCUT2D eigenvalue weighted by atomic mass is 32.2. The van der Waals surface area contributed by atoms with E-state index in [2.05, 4.69) is 9.47 Å². The smallest absolute Gasteiger partial charge is 0.422 e. The van der Waals surface area contributed by atoms with Gasteiger partial charge in [-0.25, -0.2) is 17.2 Å². The van der Waals surface area contributed by atoms with Gasteiger partial charge in [-0.2, -0.15) is 26.3 Å². The van der Waals surface area contributed by atoms with Crippen LogP contribution in [0.3, 0.4) is 0 Å². The number of benzene rings is 2. The number of anilines is 1. The molecule has 14 heteroatoms. The minimum atomic E-state index is -4.81. The number of alkyl halides is 6. The summed E-state index contributed by atoms with van der Waals surface area (Å²) >= 11 is 0. The van der Waals surface area contributed by atoms with Crippen LogP contribution in [-0.2, 0) is 10.0 Å². The Bertz CT molecular complexity index is 969. The predicted molar refractivity (Wildman–Crippen MR) is 86.7 cm³/mol. The lowest BCUT2D eigenvalue weighted by atomic mass is 10.3. The summed E-state index contributed by atoms with van der Waals surface area (Å²) < 4.78 is 136. The summed E-state index contributed by atoms with van der Waals surface area (Å²) in [7, 11) is -4.81. The lowest BCUT2D eigenvalue weighted by molar-refractivity contribution is -0.153. The van der Waals surface area contributed by atoms with Crippen LogP contribution in [-0.4, -0.2) is 34.0 Å². The maximum Gasteiger partial charge on any atom is 0.422 e. The van der Waals surface area contributed by atoms with E-state index in [4.69, 9.17) is 0 Å². The van der Waals surface area contributed by atoms with Crippen LogP contribution in [0.5, 0.6) is 11.5 Å². The summed E-state index contributed by atoms with van der Waals surface area (Å²) in [6, 6.07) is 3.55. The largest absolute Gasteiger partial charge is 0.484 e. The van der Waals surface area contributed by atoms with Gasteiger partial charge in [0.1, 0.15) is 28.0 Å². The van der Waals surface area contributed by atoms with Gasteiger partial charge in [0.15, 0.2) is 13.2 Å². The molecule has 2 rings (SSSR count). The van der Waals surface area contributed by atoms with Crippen molar-refractivity contribution in [2.45, 2.75) is 17.2 Å². The highest BCUT2D eigenvalue weighted by molar-refractivity contribution is 7.92. The van der Waals surface area contributed by atoms with E-state index in [-0.39, 0.29) is 0 Å². The molecule has 2 aromatic carbocycles. The van der Waals surface area contributed by atoms with Crippen LogP contribution < -0.4 is 14.2 Å². The number of sulfonamides is 1. The molecular weight excluding hydrogens is 454 g/mol. The third kappa shape index (κ3) is 7.24. The van der Waals surface area contributed by atoms with Crippen molar-refractivity contribution in [2.75, 3.05) is 17.9 Å². The molecule has 0 unspecified atom stereocenters. The van der Waals surface area contributed by atoms with Crippen LogP contribution in [0, 0.1) is 11.6 Å². The molecule has 5 nitrogen and oxygen atoms in total. The summed E-state index contributed by atoms with van der Waals surface area (Å²) in [5.74, 6) is -3.83. The number of rotatable bonds is 7. The molecular formula is C16H11F8NO4S. The first-order valence-corrected chi connectivity index (χ1v) is 9.15. The highest BCUT2D eigenvalue weighted by Gasteiger charge is 2.30. The topological polar surface area (TPSA) is 64.6 Å². The van der Waals surface area contributed by atoms with E-state index in [1.807, 2.05) is 0 Å². The molecule has 166 valence electrons. The maximum absolute atomic E-state index is 13.7. The van der Waals surface area contributed by atoms with E-state index >= 15 is 0 Å². The Morgan fingerprint density at radius 1 is 0.800 bits per heavy atom. The van der Waals surface area contributed by atoms with E-state index in [9.17, 15) is 43.5 Å². The van der Waals surface area contributed by atoms with E-state index in [1.165, 1.54) is 0 Å². The summed E-state index contributed by atoms with van der Waals surface area (Å²) in [5.41, 5.74) is -0.615. The fourth-order valence-electron chi connectivity index (χ4n) is 2.02. The third-order valence-electron chi connectivity index (χ3n) is 3.12. The second-order valence-electron chi connectivity index (χ2n) is 5.68. The number of halogens is 8. The molecule has 0 saturated heterocycles. The molecule has 0 heterocycles. The van der Waals surface area contributed by atoms with Gasteiger partial charge in [-0.05, 0) is 18.2 Å². The standard InChI is InChI=1S/C16H11F8NO4S/c17-9-1-2-13(18)14(3-9)30(26,27)25-10-4-11(28-7-15(19,20)21)6-12(5-10)29-8-16(22,23)24/h1-6,25H,7-8H2. The maximum atomic E-state index is 13.7. The molecule has 0 atom stereocenters. The third-order valence-corrected chi connectivity index (χ3v) is 4.52. The van der Waals surface area contributed by atoms with Gasteiger partial charge in [0.25, 0.3) is 10.0 Å². The van der Waals surface area contributed by atoms with E-state index in [0.717, 1.165) is 0 Å². The van der Waals surface area contributed by atoms with Crippen molar-refractivity contribution in [3.05, 3.63) is 48.0 Å². The van der Waals surface area contributed by atoms with E-state index in [1.54, 1.807) is 4.72 Å². The first kappa shape index (κ1) is 23.5. The molecule has 0 aliphatic carbocycles. The molecule has 0 amide bonds. The zero-order valence-corrected chi connectivity index (χ0v) is 15.3. The molecule has 0 radical (unpaired) electrons. The van der Waals surface area contributed by atoms with Gasteiger partial charge in [-0.1, -0.05) is 0 Å². The molecule has 1 N–H and O–H groups in total. The van der Waals surface area contributed by atoms with Crippen LogP contribution >= 0.6 is 0 Å². The quantitative estimate of drug-likeness (QED) is 0.605. The number of nitrogens with one attached hydrogen (secondary N) is 1. The molecule has 0 spiro atoms. The fourth-order valence-corrected chi connectivity index (χ4v) is 3.15. The minimum absolute atomic E-state index is 0.336. The van der Waals surface area contributed by atoms with Crippen LogP contribution in [0.2, 0.25) is 0 Å². The van der Waals surface area contributed by atoms with Crippen LogP contribution in [0.15, 0.2) is 41.3 Å². The van der Waals surface area contributed by atoms with Crippen LogP contribution in [0.4, 0.5) is 40.8 Å². The predicted octanol–water partition coefficient (Wildman–Crippen LogP) is 4.65. The lowest BCUT2D eigenvalue weighted by Crippen LogP contribution is -2.21. The normalized spacial score (nSPS) is 12.5. The van der Waals surface area contributed by atoms with Gasteiger partial charge in [-0.15, -0.1) is 0 Å². The Balaban J connectivity index is 2.37. The molecule has 0 aliphatic heterocycles. The first-order chi connectivity index (χ1) is 13.6. The molecule has 0 bridgehead atoms. The minimum Gasteiger partial charge on any atom is -0.484 e. The van der Waals surface area contributed by atoms with E-state index < -0.39 is 69.3 Å². The number of hydrogen-bond acceptors (Lipinski definition) is 4. The summed E-state index contributed by atoms with van der Waals surface area (Å²) in [5, 5.41) is 0. The zero-order valence-electron chi connectivity index (χ0n) is 14.4. The molecule has 0 aliphatic rings. The fraction of sp³-hybridized carbons (Fsp3) is 0.250. The molecule has 0 fully saturated rings. The van der Waals surface area contributed by atoms with Crippen molar-refractivity contribution in [1.29, 1.82) is 0 Å². The molecule has 0 saturated carbocycles. The molecule has 30 heavy (non-hydrogen) atoms. The van der Waals surface area contributed by atoms with Crippen molar-refractivity contribution in [3.63, 3.8) is 0 Å². The monoisotopic (exact) mass is 465 g/mol. The molecule has 2 aromatic rings. The van der Waals surface area contributed by atoms with Crippen molar-refractivity contribution in [1.82, 2.24) is 0 Å². The Kier molecular flexibility index (Phi) is 6.69. The number of hydrogen-bond donors (Lipinski definition) is 1. The Morgan fingerprint density at radius 3 is 1.77 bits per heavy atom. The average Bonchev–Trinajstić information content (AvgIpc) is 2.58. The number of ether oxygens (including phenoxy) is 2. The second-order valence-corrected chi connectivity index (χ2v) is 7.33. The Morgan fingerprint density at radius 2 is 1.30 bits per heavy atom. The van der Waals surface area contributed by atoms with Crippen molar-refractivity contribution in [2.24, 2.45) is 0 Å². The van der Waals surface area contributed by atoms with Gasteiger partial charge in [0.05, 0.1) is 5.69 Å². The lowest BCUT2D eigenvalue weighted by Gasteiger charge is -2.15. The van der Waals surface area contributed by atoms with Gasteiger partial charge < -0.3 is 9.47 Å². The summed E-state index contributed by atoms with van der Waals surface area (Å²) in [6.07, 6.45) is -9.60. The van der Waals surface area contributed by atoms with Gasteiger partial charge in [-0.3, -0.25) is 4.72 Å². The van der Waals surface area contributed by atoms with E-state index in [0.29, 0.717) is 36.4 Å². The zero-order chi connectivity index (χ0) is 22.7. The van der Waals surface area contributed by atoms with Crippen molar-refractivity contribution in [3.8, 4) is 11.5 Å². The average molecular weight is 465 g/mol. The van der Waals surface area contributed by atoms with Crippen molar-refractivity contribution < 1.29 is 53.0 Å². The van der Waals surface area contributed by atoms with Gasteiger partial charge >= 0.3 is 12.4 Å². The summed E-state index contributed by atoms with van der Waals surface area (Å²) in [4.78, 5) is -1.14. The van der Waals surface area contributed by atoms with Crippen LogP contribution in [0.25, 0.3) is 0 Å². The highest BCUT2D eigenvalue weighted by Crippen LogP contribution is 2.31. The Hall–Kier alpha value is -2.77. The SMILES string of the molecule is O=S(=O)(Nc1cc(OCC(F)(F)F)cc(OCC(F)(F)F)c1)c1cc(F)ccc1F. The second kappa shape index (κ2) is 8.53. The van der Waals surface area contributed by atoms with Gasteiger partial charge in [0, 0.05) is 18.2 Å². The van der Waals surface area contributed by atoms with Crippen LogP contribution in [0.1, 0.15) is 0 Å². The van der Waals surface area contributed by atoms with Gasteiger partial charge in [0.2, 0.25) is 0 Å². The van der Waals surface area contributed by atoms with Crippen molar-refractivity contribution >= 4 is 15.7 Å². The summed E-state index contributed by atoms with van der Waals surface area (Å²) in [6.45, 7) is -3.67. The Labute approximate surface area is 164 Å².